The number of aromatic nitrogens is 5. The molecule has 1 aliphatic heterocycles. The molecule has 4 heterocycles. The Labute approximate surface area is 135 Å². The summed E-state index contributed by atoms with van der Waals surface area (Å²) in [6.07, 6.45) is 7.74. The van der Waals surface area contributed by atoms with Crippen LogP contribution in [0, 0.1) is 6.92 Å². The minimum atomic E-state index is 0.464. The van der Waals surface area contributed by atoms with Crippen molar-refractivity contribution in [2.45, 2.75) is 32.2 Å². The number of piperidine rings is 1. The number of nitrogens with zero attached hydrogens (tertiary/aromatic N) is 6. The molecular formula is C17H20N6. The Balaban J connectivity index is 1.58. The summed E-state index contributed by atoms with van der Waals surface area (Å²) in [4.78, 5) is 15.4. The van der Waals surface area contributed by atoms with Gasteiger partial charge in [-0.2, -0.15) is 10.1 Å². The van der Waals surface area contributed by atoms with Crippen molar-refractivity contribution in [3.05, 3.63) is 53.9 Å². The Morgan fingerprint density at radius 1 is 1.35 bits per heavy atom. The summed E-state index contributed by atoms with van der Waals surface area (Å²) in [6.45, 7) is 5.15. The second-order valence-electron chi connectivity index (χ2n) is 6.23. The van der Waals surface area contributed by atoms with E-state index in [1.54, 1.807) is 6.33 Å². The van der Waals surface area contributed by atoms with Crippen molar-refractivity contribution in [1.82, 2.24) is 29.5 Å². The molecule has 1 atom stereocenters. The predicted octanol–water partition coefficient (Wildman–Crippen LogP) is 2.21. The Morgan fingerprint density at radius 3 is 3.17 bits per heavy atom. The third-order valence-electron chi connectivity index (χ3n) is 4.46. The van der Waals surface area contributed by atoms with Crippen molar-refractivity contribution < 1.29 is 0 Å². The number of pyridine rings is 1. The van der Waals surface area contributed by atoms with Crippen LogP contribution in [0.4, 0.5) is 0 Å². The van der Waals surface area contributed by atoms with E-state index in [9.17, 15) is 0 Å². The zero-order valence-corrected chi connectivity index (χ0v) is 13.3. The van der Waals surface area contributed by atoms with Gasteiger partial charge in [-0.15, -0.1) is 0 Å². The SMILES string of the molecule is Cc1cc(C2CCCN(Cc3cccnc3)C2)n2ncnc2n1. The molecule has 0 aliphatic carbocycles. The molecule has 0 spiro atoms. The molecule has 118 valence electrons. The van der Waals surface area contributed by atoms with Gasteiger partial charge in [0.15, 0.2) is 0 Å². The molecule has 23 heavy (non-hydrogen) atoms. The number of fused-ring (bicyclic) bond motifs is 1. The summed E-state index contributed by atoms with van der Waals surface area (Å²) in [6, 6.07) is 6.30. The van der Waals surface area contributed by atoms with Crippen LogP contribution in [0.5, 0.6) is 0 Å². The average molecular weight is 308 g/mol. The van der Waals surface area contributed by atoms with Crippen LogP contribution >= 0.6 is 0 Å². The van der Waals surface area contributed by atoms with E-state index >= 15 is 0 Å². The first-order valence-corrected chi connectivity index (χ1v) is 8.08. The molecule has 0 aromatic carbocycles. The topological polar surface area (TPSA) is 59.2 Å². The van der Waals surface area contributed by atoms with Crippen molar-refractivity contribution >= 4 is 5.78 Å². The zero-order chi connectivity index (χ0) is 15.6. The van der Waals surface area contributed by atoms with Gasteiger partial charge in [0, 0.05) is 37.1 Å². The maximum absolute atomic E-state index is 4.45. The fraction of sp³-hybridized carbons (Fsp3) is 0.412. The third-order valence-corrected chi connectivity index (χ3v) is 4.46. The van der Waals surface area contributed by atoms with Crippen molar-refractivity contribution in [2.75, 3.05) is 13.1 Å². The fourth-order valence-corrected chi connectivity index (χ4v) is 3.44. The summed E-state index contributed by atoms with van der Waals surface area (Å²) >= 11 is 0. The van der Waals surface area contributed by atoms with Gasteiger partial charge < -0.3 is 0 Å². The molecule has 0 saturated carbocycles. The van der Waals surface area contributed by atoms with Crippen molar-refractivity contribution in [2.24, 2.45) is 0 Å². The van der Waals surface area contributed by atoms with Gasteiger partial charge in [0.1, 0.15) is 6.33 Å². The molecule has 6 nitrogen and oxygen atoms in total. The zero-order valence-electron chi connectivity index (χ0n) is 13.3. The molecule has 1 unspecified atom stereocenters. The number of aryl methyl sites for hydroxylation is 1. The monoisotopic (exact) mass is 308 g/mol. The maximum Gasteiger partial charge on any atom is 0.252 e. The van der Waals surface area contributed by atoms with Crippen LogP contribution in [0.15, 0.2) is 36.9 Å². The first kappa shape index (κ1) is 14.3. The molecule has 0 bridgehead atoms. The highest BCUT2D eigenvalue weighted by molar-refractivity contribution is 5.31. The van der Waals surface area contributed by atoms with Gasteiger partial charge in [0.25, 0.3) is 5.78 Å². The highest BCUT2D eigenvalue weighted by Crippen LogP contribution is 2.28. The minimum Gasteiger partial charge on any atom is -0.298 e. The van der Waals surface area contributed by atoms with Crippen LogP contribution in [0.3, 0.4) is 0 Å². The number of likely N-dealkylation sites (tertiary alicyclic amines) is 1. The van der Waals surface area contributed by atoms with Gasteiger partial charge in [-0.25, -0.2) is 9.50 Å². The molecule has 1 fully saturated rings. The summed E-state index contributed by atoms with van der Waals surface area (Å²) in [7, 11) is 0. The standard InChI is InChI=1S/C17H20N6/c1-13-8-16(23-17(21-13)19-12-20-23)15-5-3-7-22(11-15)10-14-4-2-6-18-9-14/h2,4,6,8-9,12,15H,3,5,7,10-11H2,1H3. The summed E-state index contributed by atoms with van der Waals surface area (Å²) in [5.74, 6) is 1.16. The Bertz CT molecular complexity index is 797. The van der Waals surface area contributed by atoms with Gasteiger partial charge in [-0.05, 0) is 44.0 Å². The summed E-state index contributed by atoms with van der Waals surface area (Å²) < 4.78 is 1.89. The van der Waals surface area contributed by atoms with Gasteiger partial charge in [-0.1, -0.05) is 6.07 Å². The third kappa shape index (κ3) is 2.94. The van der Waals surface area contributed by atoms with Gasteiger partial charge >= 0.3 is 0 Å². The molecule has 1 saturated heterocycles. The fourth-order valence-electron chi connectivity index (χ4n) is 3.44. The number of rotatable bonds is 3. The predicted molar refractivity (Wildman–Crippen MR) is 87.0 cm³/mol. The van der Waals surface area contributed by atoms with Crippen molar-refractivity contribution in [1.29, 1.82) is 0 Å². The van der Waals surface area contributed by atoms with E-state index in [-0.39, 0.29) is 0 Å². The smallest absolute Gasteiger partial charge is 0.252 e. The largest absolute Gasteiger partial charge is 0.298 e. The van der Waals surface area contributed by atoms with Crippen LogP contribution in [0.1, 0.15) is 35.7 Å². The lowest BCUT2D eigenvalue weighted by molar-refractivity contribution is 0.197. The highest BCUT2D eigenvalue weighted by Gasteiger charge is 2.24. The van der Waals surface area contributed by atoms with E-state index in [2.05, 4.69) is 37.1 Å². The van der Waals surface area contributed by atoms with Crippen molar-refractivity contribution in [3.8, 4) is 0 Å². The van der Waals surface area contributed by atoms with Crippen LogP contribution < -0.4 is 0 Å². The van der Waals surface area contributed by atoms with E-state index in [0.717, 1.165) is 25.3 Å². The van der Waals surface area contributed by atoms with E-state index in [4.69, 9.17) is 0 Å². The van der Waals surface area contributed by atoms with E-state index < -0.39 is 0 Å². The van der Waals surface area contributed by atoms with Crippen LogP contribution in [0.2, 0.25) is 0 Å². The lowest BCUT2D eigenvalue weighted by Gasteiger charge is -2.32. The molecule has 4 rings (SSSR count). The number of hydrogen-bond acceptors (Lipinski definition) is 5. The molecule has 0 N–H and O–H groups in total. The van der Waals surface area contributed by atoms with Gasteiger partial charge in [0.2, 0.25) is 0 Å². The molecule has 0 radical (unpaired) electrons. The maximum atomic E-state index is 4.45. The summed E-state index contributed by atoms with van der Waals surface area (Å²) in [5, 5.41) is 4.36. The van der Waals surface area contributed by atoms with E-state index in [0.29, 0.717) is 11.7 Å². The quantitative estimate of drug-likeness (QED) is 0.742. The second kappa shape index (κ2) is 6.04. The van der Waals surface area contributed by atoms with Crippen LogP contribution in [-0.4, -0.2) is 42.6 Å². The first-order chi connectivity index (χ1) is 11.3. The van der Waals surface area contributed by atoms with Crippen LogP contribution in [0.25, 0.3) is 5.78 Å². The normalized spacial score (nSPS) is 19.3. The van der Waals surface area contributed by atoms with Gasteiger partial charge in [0.05, 0.1) is 5.69 Å². The highest BCUT2D eigenvalue weighted by atomic mass is 15.3. The second-order valence-corrected chi connectivity index (χ2v) is 6.23. The average Bonchev–Trinajstić information content (AvgIpc) is 3.03. The molecule has 6 heteroatoms. The lowest BCUT2D eigenvalue weighted by atomic mass is 9.94. The number of hydrogen-bond donors (Lipinski definition) is 0. The molecular weight excluding hydrogens is 288 g/mol. The first-order valence-electron chi connectivity index (χ1n) is 8.08. The van der Waals surface area contributed by atoms with Gasteiger partial charge in [-0.3, -0.25) is 9.88 Å². The lowest BCUT2D eigenvalue weighted by Crippen LogP contribution is -2.34. The molecule has 0 amide bonds. The van der Waals surface area contributed by atoms with E-state index in [1.807, 2.05) is 29.9 Å². The molecule has 1 aliphatic rings. The molecule has 3 aromatic rings. The minimum absolute atomic E-state index is 0.464. The Morgan fingerprint density at radius 2 is 2.30 bits per heavy atom. The Hall–Kier alpha value is -2.34. The summed E-state index contributed by atoms with van der Waals surface area (Å²) in [5.41, 5.74) is 3.50. The van der Waals surface area contributed by atoms with Crippen molar-refractivity contribution in [3.63, 3.8) is 0 Å². The Kier molecular flexibility index (Phi) is 3.75. The molecule has 3 aromatic heterocycles. The van der Waals surface area contributed by atoms with Crippen LogP contribution in [-0.2, 0) is 6.54 Å². The van der Waals surface area contributed by atoms with E-state index in [1.165, 1.54) is 24.1 Å².